The maximum absolute atomic E-state index is 12.5. The Hall–Kier alpha value is -1.89. The smallest absolute Gasteiger partial charge is 0.321 e. The van der Waals surface area contributed by atoms with Gasteiger partial charge in [-0.05, 0) is 18.6 Å². The molecule has 1 heterocycles. The molecule has 2 rings (SSSR count). The van der Waals surface area contributed by atoms with E-state index in [2.05, 4.69) is 5.32 Å². The lowest BCUT2D eigenvalue weighted by Crippen LogP contribution is -2.39. The molecular formula is C16H24F2N4O. The summed E-state index contributed by atoms with van der Waals surface area (Å²) in [7, 11) is 3.83. The van der Waals surface area contributed by atoms with Gasteiger partial charge in [-0.25, -0.2) is 13.6 Å². The highest BCUT2D eigenvalue weighted by molar-refractivity contribution is 5.93. The number of alkyl halides is 2. The van der Waals surface area contributed by atoms with Crippen LogP contribution in [0, 0.1) is 0 Å². The fourth-order valence-electron chi connectivity index (χ4n) is 2.72. The van der Waals surface area contributed by atoms with E-state index in [4.69, 9.17) is 0 Å². The Labute approximate surface area is 135 Å². The summed E-state index contributed by atoms with van der Waals surface area (Å²) in [5.41, 5.74) is 1.67. The average Bonchev–Trinajstić information content (AvgIpc) is 2.72. The second-order valence-electron chi connectivity index (χ2n) is 5.87. The van der Waals surface area contributed by atoms with Crippen LogP contribution < -0.4 is 10.2 Å². The second-order valence-corrected chi connectivity index (χ2v) is 5.87. The predicted molar refractivity (Wildman–Crippen MR) is 88.4 cm³/mol. The standard InChI is InChI=1S/C16H24F2N4O/c1-20(2)14-7-4-3-6-13(14)19-16(23)22-9-5-8-21(10-11-22)12-15(17)18/h3-4,6-7,15H,5,8-12H2,1-2H3,(H,19,23). The monoisotopic (exact) mass is 326 g/mol. The number of nitrogens with one attached hydrogen (secondary N) is 1. The van der Waals surface area contributed by atoms with Crippen molar-refractivity contribution in [2.24, 2.45) is 0 Å². The Balaban J connectivity index is 1.96. The molecule has 1 aliphatic rings. The van der Waals surface area contributed by atoms with Crippen LogP contribution in [0.25, 0.3) is 0 Å². The highest BCUT2D eigenvalue weighted by Gasteiger charge is 2.21. The molecule has 2 amide bonds. The van der Waals surface area contributed by atoms with Crippen LogP contribution in [0.5, 0.6) is 0 Å². The van der Waals surface area contributed by atoms with E-state index in [0.29, 0.717) is 32.6 Å². The molecule has 128 valence electrons. The van der Waals surface area contributed by atoms with Gasteiger partial charge in [0.05, 0.1) is 17.9 Å². The van der Waals surface area contributed by atoms with Crippen LogP contribution in [0.1, 0.15) is 6.42 Å². The van der Waals surface area contributed by atoms with Gasteiger partial charge in [-0.1, -0.05) is 12.1 Å². The number of hydrogen-bond acceptors (Lipinski definition) is 3. The molecule has 23 heavy (non-hydrogen) atoms. The SMILES string of the molecule is CN(C)c1ccccc1NC(=O)N1CCCN(CC(F)F)CC1. The normalized spacial score (nSPS) is 16.3. The zero-order valence-corrected chi connectivity index (χ0v) is 13.6. The molecule has 0 unspecified atom stereocenters. The molecular weight excluding hydrogens is 302 g/mol. The molecule has 7 heteroatoms. The fourth-order valence-corrected chi connectivity index (χ4v) is 2.72. The molecule has 0 atom stereocenters. The lowest BCUT2D eigenvalue weighted by Gasteiger charge is -2.24. The van der Waals surface area contributed by atoms with Crippen molar-refractivity contribution in [2.75, 3.05) is 57.0 Å². The summed E-state index contributed by atoms with van der Waals surface area (Å²) in [5, 5.41) is 2.92. The van der Waals surface area contributed by atoms with Gasteiger partial charge in [0, 0.05) is 40.3 Å². The molecule has 1 aromatic rings. The van der Waals surface area contributed by atoms with Crippen molar-refractivity contribution >= 4 is 17.4 Å². The first kappa shape index (κ1) is 17.5. The van der Waals surface area contributed by atoms with Gasteiger partial charge in [-0.15, -0.1) is 0 Å². The molecule has 1 N–H and O–H groups in total. The minimum absolute atomic E-state index is 0.182. The second kappa shape index (κ2) is 8.10. The molecule has 1 aliphatic heterocycles. The van der Waals surface area contributed by atoms with E-state index in [1.807, 2.05) is 43.3 Å². The third kappa shape index (κ3) is 5.06. The number of anilines is 2. The van der Waals surface area contributed by atoms with Gasteiger partial charge in [0.1, 0.15) is 0 Å². The largest absolute Gasteiger partial charge is 0.376 e. The summed E-state index contributed by atoms with van der Waals surface area (Å²) < 4.78 is 25.0. The van der Waals surface area contributed by atoms with E-state index in [0.717, 1.165) is 11.4 Å². The van der Waals surface area contributed by atoms with Gasteiger partial charge in [-0.3, -0.25) is 4.90 Å². The molecule has 0 aliphatic carbocycles. The molecule has 0 aromatic heterocycles. The van der Waals surface area contributed by atoms with E-state index < -0.39 is 6.43 Å². The van der Waals surface area contributed by atoms with Crippen molar-refractivity contribution in [3.05, 3.63) is 24.3 Å². The third-order valence-electron chi connectivity index (χ3n) is 3.90. The summed E-state index contributed by atoms with van der Waals surface area (Å²) in [4.78, 5) is 17.8. The first-order chi connectivity index (χ1) is 11.0. The number of carbonyl (C=O) groups excluding carboxylic acids is 1. The molecule has 5 nitrogen and oxygen atoms in total. The van der Waals surface area contributed by atoms with Gasteiger partial charge in [0.15, 0.2) is 0 Å². The lowest BCUT2D eigenvalue weighted by molar-refractivity contribution is 0.0905. The summed E-state index contributed by atoms with van der Waals surface area (Å²) >= 11 is 0. The maximum Gasteiger partial charge on any atom is 0.321 e. The zero-order chi connectivity index (χ0) is 16.8. The van der Waals surface area contributed by atoms with Gasteiger partial charge in [-0.2, -0.15) is 0 Å². The third-order valence-corrected chi connectivity index (χ3v) is 3.90. The minimum atomic E-state index is -2.33. The van der Waals surface area contributed by atoms with Crippen LogP contribution in [0.2, 0.25) is 0 Å². The van der Waals surface area contributed by atoms with Crippen LogP contribution in [0.3, 0.4) is 0 Å². The van der Waals surface area contributed by atoms with Crippen LogP contribution in [0.15, 0.2) is 24.3 Å². The van der Waals surface area contributed by atoms with Gasteiger partial charge in [0.25, 0.3) is 6.43 Å². The lowest BCUT2D eigenvalue weighted by atomic mass is 10.2. The van der Waals surface area contributed by atoms with Gasteiger partial charge in [0.2, 0.25) is 0 Å². The van der Waals surface area contributed by atoms with Crippen LogP contribution in [0.4, 0.5) is 25.0 Å². The van der Waals surface area contributed by atoms with Crippen LogP contribution >= 0.6 is 0 Å². The van der Waals surface area contributed by atoms with Crippen molar-refractivity contribution < 1.29 is 13.6 Å². The predicted octanol–water partition coefficient (Wildman–Crippen LogP) is 2.56. The quantitative estimate of drug-likeness (QED) is 0.924. The molecule has 1 saturated heterocycles. The number of rotatable bonds is 4. The average molecular weight is 326 g/mol. The maximum atomic E-state index is 12.5. The highest BCUT2D eigenvalue weighted by Crippen LogP contribution is 2.23. The number of hydrogen-bond donors (Lipinski definition) is 1. The summed E-state index contributed by atoms with van der Waals surface area (Å²) in [6.07, 6.45) is -1.63. The molecule has 0 spiro atoms. The Morgan fingerprint density at radius 3 is 2.65 bits per heavy atom. The van der Waals surface area contributed by atoms with E-state index >= 15 is 0 Å². The molecule has 1 aromatic carbocycles. The van der Waals surface area contributed by atoms with Crippen LogP contribution in [-0.2, 0) is 0 Å². The zero-order valence-electron chi connectivity index (χ0n) is 13.6. The van der Waals surface area contributed by atoms with Gasteiger partial charge < -0.3 is 15.1 Å². The topological polar surface area (TPSA) is 38.8 Å². The number of para-hydroxylation sites is 2. The van der Waals surface area contributed by atoms with E-state index in [9.17, 15) is 13.6 Å². The molecule has 1 fully saturated rings. The number of carbonyl (C=O) groups is 1. The van der Waals surface area contributed by atoms with Crippen molar-refractivity contribution in [1.82, 2.24) is 9.80 Å². The molecule has 0 radical (unpaired) electrons. The number of urea groups is 1. The van der Waals surface area contributed by atoms with Gasteiger partial charge >= 0.3 is 6.03 Å². The van der Waals surface area contributed by atoms with Crippen LogP contribution in [-0.4, -0.2) is 69.1 Å². The Kier molecular flexibility index (Phi) is 6.15. The van der Waals surface area contributed by atoms with E-state index in [-0.39, 0.29) is 12.6 Å². The first-order valence-electron chi connectivity index (χ1n) is 7.80. The summed E-state index contributed by atoms with van der Waals surface area (Å²) in [6, 6.07) is 7.39. The minimum Gasteiger partial charge on any atom is -0.376 e. The fraction of sp³-hybridized carbons (Fsp3) is 0.562. The summed E-state index contributed by atoms with van der Waals surface area (Å²) in [6.45, 7) is 1.90. The number of nitrogens with zero attached hydrogens (tertiary/aromatic N) is 3. The Morgan fingerprint density at radius 2 is 1.96 bits per heavy atom. The number of halogens is 2. The van der Waals surface area contributed by atoms with E-state index in [1.165, 1.54) is 0 Å². The van der Waals surface area contributed by atoms with Crippen molar-refractivity contribution in [3.63, 3.8) is 0 Å². The number of benzene rings is 1. The van der Waals surface area contributed by atoms with Crippen molar-refractivity contribution in [2.45, 2.75) is 12.8 Å². The first-order valence-corrected chi connectivity index (χ1v) is 7.80. The van der Waals surface area contributed by atoms with E-state index in [1.54, 1.807) is 9.80 Å². The Morgan fingerprint density at radius 1 is 1.22 bits per heavy atom. The number of amides is 2. The highest BCUT2D eigenvalue weighted by atomic mass is 19.3. The molecule has 0 bridgehead atoms. The van der Waals surface area contributed by atoms with Crippen molar-refractivity contribution in [1.29, 1.82) is 0 Å². The Bertz CT molecular complexity index is 525. The summed E-state index contributed by atoms with van der Waals surface area (Å²) in [5.74, 6) is 0. The van der Waals surface area contributed by atoms with Crippen molar-refractivity contribution in [3.8, 4) is 0 Å². The molecule has 0 saturated carbocycles.